The van der Waals surface area contributed by atoms with Crippen LogP contribution in [0.1, 0.15) is 35.7 Å². The Labute approximate surface area is 111 Å². The van der Waals surface area contributed by atoms with E-state index in [0.29, 0.717) is 16.8 Å². The molecule has 0 radical (unpaired) electrons. The average Bonchev–Trinajstić information content (AvgIpc) is 2.41. The molecule has 0 aliphatic heterocycles. The third-order valence-corrected chi connectivity index (χ3v) is 2.82. The molecule has 4 heteroatoms. The minimum Gasteiger partial charge on any atom is -0.322 e. The van der Waals surface area contributed by atoms with Gasteiger partial charge in [-0.25, -0.2) is 4.39 Å². The van der Waals surface area contributed by atoms with Gasteiger partial charge in [0, 0.05) is 23.6 Å². The zero-order valence-corrected chi connectivity index (χ0v) is 10.9. The lowest BCUT2D eigenvalue weighted by Crippen LogP contribution is -2.12. The molecule has 0 unspecified atom stereocenters. The van der Waals surface area contributed by atoms with Crippen LogP contribution in [0.4, 0.5) is 10.1 Å². The predicted octanol–water partition coefficient (Wildman–Crippen LogP) is 3.60. The van der Waals surface area contributed by atoms with E-state index < -0.39 is 0 Å². The summed E-state index contributed by atoms with van der Waals surface area (Å²) in [6.07, 6.45) is 3.11. The van der Waals surface area contributed by atoms with Crippen molar-refractivity contribution < 1.29 is 9.18 Å². The molecule has 3 nitrogen and oxygen atoms in total. The van der Waals surface area contributed by atoms with Crippen molar-refractivity contribution in [2.75, 3.05) is 5.32 Å². The number of rotatable bonds is 3. The summed E-state index contributed by atoms with van der Waals surface area (Å²) >= 11 is 0. The molecule has 0 saturated heterocycles. The van der Waals surface area contributed by atoms with Gasteiger partial charge in [-0.1, -0.05) is 13.8 Å². The van der Waals surface area contributed by atoms with Crippen molar-refractivity contribution in [2.24, 2.45) is 0 Å². The van der Waals surface area contributed by atoms with Gasteiger partial charge in [0.05, 0.1) is 0 Å². The van der Waals surface area contributed by atoms with Crippen LogP contribution < -0.4 is 5.32 Å². The molecule has 0 aliphatic rings. The second-order valence-corrected chi connectivity index (χ2v) is 4.58. The number of anilines is 1. The fourth-order valence-corrected chi connectivity index (χ4v) is 1.77. The fourth-order valence-electron chi connectivity index (χ4n) is 1.77. The zero-order valence-electron chi connectivity index (χ0n) is 10.9. The third-order valence-electron chi connectivity index (χ3n) is 2.82. The van der Waals surface area contributed by atoms with Crippen LogP contribution in [-0.2, 0) is 0 Å². The molecule has 1 aromatic carbocycles. The topological polar surface area (TPSA) is 42.0 Å². The first kappa shape index (κ1) is 13.2. The number of nitrogens with zero attached hydrogens (tertiary/aromatic N) is 1. The maximum atomic E-state index is 13.6. The van der Waals surface area contributed by atoms with Gasteiger partial charge in [-0.2, -0.15) is 0 Å². The number of carbonyl (C=O) groups is 1. The standard InChI is InChI=1S/C15H15FN2O/c1-10(2)13-9-12(3-4-14(13)16)18-15(19)11-5-7-17-8-6-11/h3-10H,1-2H3,(H,18,19). The van der Waals surface area contributed by atoms with Gasteiger partial charge in [-0.15, -0.1) is 0 Å². The lowest BCUT2D eigenvalue weighted by Gasteiger charge is -2.10. The van der Waals surface area contributed by atoms with Crippen LogP contribution in [0.2, 0.25) is 0 Å². The van der Waals surface area contributed by atoms with Crippen LogP contribution in [0, 0.1) is 5.82 Å². The van der Waals surface area contributed by atoms with Crippen LogP contribution >= 0.6 is 0 Å². The Hall–Kier alpha value is -2.23. The molecular weight excluding hydrogens is 243 g/mol. The summed E-state index contributed by atoms with van der Waals surface area (Å²) in [5, 5.41) is 2.75. The molecule has 1 heterocycles. The van der Waals surface area contributed by atoms with Gasteiger partial charge >= 0.3 is 0 Å². The van der Waals surface area contributed by atoms with E-state index in [4.69, 9.17) is 0 Å². The first-order chi connectivity index (χ1) is 9.08. The Balaban J connectivity index is 2.20. The maximum Gasteiger partial charge on any atom is 0.255 e. The fraction of sp³-hybridized carbons (Fsp3) is 0.200. The van der Waals surface area contributed by atoms with Crippen molar-refractivity contribution in [3.63, 3.8) is 0 Å². The van der Waals surface area contributed by atoms with Crippen LogP contribution in [0.25, 0.3) is 0 Å². The van der Waals surface area contributed by atoms with E-state index in [1.54, 1.807) is 36.7 Å². The van der Waals surface area contributed by atoms with Crippen LogP contribution in [-0.4, -0.2) is 10.9 Å². The molecule has 1 amide bonds. The second kappa shape index (κ2) is 5.61. The van der Waals surface area contributed by atoms with Crippen LogP contribution in [0.5, 0.6) is 0 Å². The molecule has 2 rings (SSSR count). The average molecular weight is 258 g/mol. The van der Waals surface area contributed by atoms with E-state index in [1.165, 1.54) is 6.07 Å². The number of hydrogen-bond donors (Lipinski definition) is 1. The van der Waals surface area contributed by atoms with Gasteiger partial charge in [0.1, 0.15) is 5.82 Å². The highest BCUT2D eigenvalue weighted by atomic mass is 19.1. The monoisotopic (exact) mass is 258 g/mol. The second-order valence-electron chi connectivity index (χ2n) is 4.58. The number of pyridine rings is 1. The lowest BCUT2D eigenvalue weighted by atomic mass is 10.0. The van der Waals surface area contributed by atoms with Gasteiger partial charge in [-0.05, 0) is 41.8 Å². The Morgan fingerprint density at radius 1 is 1.21 bits per heavy atom. The minimum absolute atomic E-state index is 0.0674. The van der Waals surface area contributed by atoms with E-state index in [0.717, 1.165) is 0 Å². The van der Waals surface area contributed by atoms with Crippen molar-refractivity contribution in [3.05, 3.63) is 59.7 Å². The molecule has 0 fully saturated rings. The Morgan fingerprint density at radius 3 is 2.53 bits per heavy atom. The predicted molar refractivity (Wildman–Crippen MR) is 72.7 cm³/mol. The molecule has 98 valence electrons. The highest BCUT2D eigenvalue weighted by Gasteiger charge is 2.10. The molecule has 1 aromatic heterocycles. The summed E-state index contributed by atoms with van der Waals surface area (Å²) in [5.41, 5.74) is 1.70. The molecule has 0 saturated carbocycles. The van der Waals surface area contributed by atoms with Crippen molar-refractivity contribution >= 4 is 11.6 Å². The Bertz CT molecular complexity index is 582. The summed E-state index contributed by atoms with van der Waals surface area (Å²) in [5.74, 6) is -0.418. The first-order valence-corrected chi connectivity index (χ1v) is 6.08. The van der Waals surface area contributed by atoms with Gasteiger partial charge in [0.25, 0.3) is 5.91 Å². The molecule has 0 atom stereocenters. The zero-order chi connectivity index (χ0) is 13.8. The number of benzene rings is 1. The summed E-state index contributed by atoms with van der Waals surface area (Å²) in [6, 6.07) is 7.85. The van der Waals surface area contributed by atoms with Crippen molar-refractivity contribution in [1.29, 1.82) is 0 Å². The Morgan fingerprint density at radius 2 is 1.89 bits per heavy atom. The van der Waals surface area contributed by atoms with Gasteiger partial charge in [0.15, 0.2) is 0 Å². The number of aromatic nitrogens is 1. The lowest BCUT2D eigenvalue weighted by molar-refractivity contribution is 0.102. The van der Waals surface area contributed by atoms with E-state index >= 15 is 0 Å². The number of amides is 1. The minimum atomic E-state index is -0.253. The molecule has 2 aromatic rings. The van der Waals surface area contributed by atoms with Gasteiger partial charge in [0.2, 0.25) is 0 Å². The molecule has 1 N–H and O–H groups in total. The van der Waals surface area contributed by atoms with Gasteiger partial charge in [-0.3, -0.25) is 9.78 Å². The van der Waals surface area contributed by atoms with Crippen molar-refractivity contribution in [1.82, 2.24) is 4.98 Å². The maximum absolute atomic E-state index is 13.6. The van der Waals surface area contributed by atoms with E-state index in [1.807, 2.05) is 13.8 Å². The Kier molecular flexibility index (Phi) is 3.90. The van der Waals surface area contributed by atoms with Crippen molar-refractivity contribution in [2.45, 2.75) is 19.8 Å². The summed E-state index contributed by atoms with van der Waals surface area (Å²) in [4.78, 5) is 15.8. The first-order valence-electron chi connectivity index (χ1n) is 6.08. The quantitative estimate of drug-likeness (QED) is 0.914. The van der Waals surface area contributed by atoms with Crippen molar-refractivity contribution in [3.8, 4) is 0 Å². The van der Waals surface area contributed by atoms with E-state index in [-0.39, 0.29) is 17.6 Å². The van der Waals surface area contributed by atoms with Gasteiger partial charge < -0.3 is 5.32 Å². The largest absolute Gasteiger partial charge is 0.322 e. The highest BCUT2D eigenvalue weighted by Crippen LogP contribution is 2.22. The molecule has 19 heavy (non-hydrogen) atoms. The normalized spacial score (nSPS) is 10.5. The van der Waals surface area contributed by atoms with Crippen LogP contribution in [0.3, 0.4) is 0 Å². The molecular formula is C15H15FN2O. The summed E-state index contributed by atoms with van der Waals surface area (Å²) in [6.45, 7) is 3.82. The van der Waals surface area contributed by atoms with Crippen LogP contribution in [0.15, 0.2) is 42.7 Å². The number of nitrogens with one attached hydrogen (secondary N) is 1. The smallest absolute Gasteiger partial charge is 0.255 e. The third kappa shape index (κ3) is 3.16. The molecule has 0 aliphatic carbocycles. The number of carbonyl (C=O) groups excluding carboxylic acids is 1. The molecule has 0 spiro atoms. The number of hydrogen-bond acceptors (Lipinski definition) is 2. The van der Waals surface area contributed by atoms with E-state index in [2.05, 4.69) is 10.3 Å². The highest BCUT2D eigenvalue weighted by molar-refractivity contribution is 6.04. The molecule has 0 bridgehead atoms. The van der Waals surface area contributed by atoms with E-state index in [9.17, 15) is 9.18 Å². The number of halogens is 1. The SMILES string of the molecule is CC(C)c1cc(NC(=O)c2ccncc2)ccc1F. The summed E-state index contributed by atoms with van der Waals surface area (Å²) in [7, 11) is 0. The summed E-state index contributed by atoms with van der Waals surface area (Å²) < 4.78 is 13.6.